The topological polar surface area (TPSA) is 64.2 Å². The molecule has 0 bridgehead atoms. The molecule has 0 aliphatic rings. The van der Waals surface area contributed by atoms with Gasteiger partial charge in [-0.2, -0.15) is 0 Å². The minimum atomic E-state index is -0.281. The first-order chi connectivity index (χ1) is 9.83. The molecule has 120 valence electrons. The molecule has 0 aliphatic carbocycles. The number of rotatable bonds is 8. The van der Waals surface area contributed by atoms with Crippen LogP contribution in [0.25, 0.3) is 0 Å². The maximum atomic E-state index is 11.5. The zero-order valence-corrected chi connectivity index (χ0v) is 14.1. The van der Waals surface area contributed by atoms with Gasteiger partial charge in [-0.05, 0) is 18.0 Å². The van der Waals surface area contributed by atoms with Gasteiger partial charge in [-0.25, -0.2) is 9.55 Å². The lowest BCUT2D eigenvalue weighted by molar-refractivity contribution is -0.393. The Hall–Kier alpha value is -1.43. The summed E-state index contributed by atoms with van der Waals surface area (Å²) in [4.78, 5) is 18.0. The molecule has 0 N–H and O–H groups in total. The number of hydrogen-bond acceptors (Lipinski definition) is 4. The molecule has 1 aromatic heterocycles. The molecule has 0 unspecified atom stereocenters. The summed E-state index contributed by atoms with van der Waals surface area (Å²) in [5.74, 6) is 1.21. The quantitative estimate of drug-likeness (QED) is 0.545. The first-order valence-corrected chi connectivity index (χ1v) is 7.80. The van der Waals surface area contributed by atoms with Gasteiger partial charge in [0, 0.05) is 18.4 Å². The molecule has 0 radical (unpaired) electrons. The van der Waals surface area contributed by atoms with E-state index in [1.165, 1.54) is 0 Å². The summed E-state index contributed by atoms with van der Waals surface area (Å²) in [5.41, 5.74) is 0.600. The molecule has 0 saturated carbocycles. The summed E-state index contributed by atoms with van der Waals surface area (Å²) in [5, 5.41) is 11.5. The normalized spacial score (nSPS) is 11.9. The van der Waals surface area contributed by atoms with E-state index in [9.17, 15) is 10.1 Å². The second-order valence-corrected chi connectivity index (χ2v) is 5.92. The van der Waals surface area contributed by atoms with Crippen LogP contribution in [0.5, 0.6) is 0 Å². The number of likely N-dealkylation sites (N-methyl/N-ethyl adjacent to an activating group) is 1. The first kappa shape index (κ1) is 17.6. The van der Waals surface area contributed by atoms with Gasteiger partial charge < -0.3 is 10.1 Å². The Bertz CT molecular complexity index is 476. The Balaban J connectivity index is 3.22. The van der Waals surface area contributed by atoms with Gasteiger partial charge >= 0.3 is 5.82 Å². The fourth-order valence-electron chi connectivity index (χ4n) is 2.50. The van der Waals surface area contributed by atoms with Crippen molar-refractivity contribution in [1.29, 1.82) is 0 Å². The van der Waals surface area contributed by atoms with Crippen LogP contribution in [0.15, 0.2) is 0 Å². The Morgan fingerprint density at radius 2 is 1.76 bits per heavy atom. The summed E-state index contributed by atoms with van der Waals surface area (Å²) in [6.07, 6.45) is 0. The number of imidazole rings is 1. The Morgan fingerprint density at radius 1 is 1.19 bits per heavy atom. The smallest absolute Gasteiger partial charge is 0.346 e. The zero-order valence-electron chi connectivity index (χ0n) is 14.1. The molecule has 1 heterocycles. The van der Waals surface area contributed by atoms with Gasteiger partial charge in [-0.3, -0.25) is 4.90 Å². The lowest BCUT2D eigenvalue weighted by Crippen LogP contribution is -2.28. The predicted octanol–water partition coefficient (Wildman–Crippen LogP) is 3.38. The lowest BCUT2D eigenvalue weighted by atomic mass is 10.1. The highest BCUT2D eigenvalue weighted by Crippen LogP contribution is 2.30. The molecular weight excluding hydrogens is 268 g/mol. The fourth-order valence-corrected chi connectivity index (χ4v) is 2.50. The highest BCUT2D eigenvalue weighted by molar-refractivity contribution is 5.34. The van der Waals surface area contributed by atoms with Crippen molar-refractivity contribution < 1.29 is 4.92 Å². The van der Waals surface area contributed by atoms with E-state index in [2.05, 4.69) is 23.7 Å². The van der Waals surface area contributed by atoms with Crippen LogP contribution < -0.4 is 0 Å². The van der Waals surface area contributed by atoms with Crippen LogP contribution in [0.1, 0.15) is 64.9 Å². The van der Waals surface area contributed by atoms with Crippen LogP contribution in [-0.2, 0) is 6.54 Å². The van der Waals surface area contributed by atoms with Crippen molar-refractivity contribution in [3.63, 3.8) is 0 Å². The fraction of sp³-hybridized carbons (Fsp3) is 0.800. The van der Waals surface area contributed by atoms with E-state index in [0.717, 1.165) is 25.5 Å². The highest BCUT2D eigenvalue weighted by Gasteiger charge is 2.30. The average Bonchev–Trinajstić information content (AvgIpc) is 2.79. The zero-order chi connectivity index (χ0) is 16.2. The molecule has 0 aliphatic heterocycles. The molecule has 1 rings (SSSR count). The number of aromatic nitrogens is 2. The molecule has 1 aromatic rings. The molecule has 6 nitrogen and oxygen atoms in total. The van der Waals surface area contributed by atoms with Gasteiger partial charge in [0.1, 0.15) is 12.2 Å². The monoisotopic (exact) mass is 296 g/mol. The van der Waals surface area contributed by atoms with Gasteiger partial charge in [0.25, 0.3) is 0 Å². The van der Waals surface area contributed by atoms with Gasteiger partial charge in [0.15, 0.2) is 5.82 Å². The summed E-state index contributed by atoms with van der Waals surface area (Å²) >= 11 is 0. The van der Waals surface area contributed by atoms with Crippen molar-refractivity contribution in [1.82, 2.24) is 14.5 Å². The molecule has 0 spiro atoms. The molecular formula is C15H28N4O2. The van der Waals surface area contributed by atoms with Gasteiger partial charge in [-0.1, -0.05) is 41.5 Å². The number of hydrogen-bond donors (Lipinski definition) is 0. The Morgan fingerprint density at radius 3 is 2.14 bits per heavy atom. The lowest BCUT2D eigenvalue weighted by Gasteiger charge is -2.17. The first-order valence-electron chi connectivity index (χ1n) is 7.80. The van der Waals surface area contributed by atoms with Gasteiger partial charge in [0.2, 0.25) is 0 Å². The summed E-state index contributed by atoms with van der Waals surface area (Å²) in [7, 11) is 0. The van der Waals surface area contributed by atoms with E-state index in [1.807, 2.05) is 27.7 Å². The average molecular weight is 296 g/mol. The van der Waals surface area contributed by atoms with E-state index in [-0.39, 0.29) is 22.6 Å². The van der Waals surface area contributed by atoms with E-state index in [0.29, 0.717) is 12.2 Å². The van der Waals surface area contributed by atoms with Gasteiger partial charge in [-0.15, -0.1) is 0 Å². The SMILES string of the molecule is CCN(CC)CCn1c(C(C)C)nc(C(C)C)c1[N+](=O)[O-]. The summed E-state index contributed by atoms with van der Waals surface area (Å²) in [6, 6.07) is 0. The second-order valence-electron chi connectivity index (χ2n) is 5.92. The van der Waals surface area contributed by atoms with Crippen molar-refractivity contribution in [3.05, 3.63) is 21.6 Å². The molecule has 0 aromatic carbocycles. The highest BCUT2D eigenvalue weighted by atomic mass is 16.6. The molecule has 6 heteroatoms. The minimum Gasteiger partial charge on any atom is -0.358 e. The van der Waals surface area contributed by atoms with Crippen LogP contribution in [0.4, 0.5) is 5.82 Å². The van der Waals surface area contributed by atoms with Crippen LogP contribution >= 0.6 is 0 Å². The van der Waals surface area contributed by atoms with Crippen molar-refractivity contribution >= 4 is 5.82 Å². The van der Waals surface area contributed by atoms with E-state index >= 15 is 0 Å². The van der Waals surface area contributed by atoms with Crippen molar-refractivity contribution in [2.45, 2.75) is 59.9 Å². The van der Waals surface area contributed by atoms with Crippen molar-refractivity contribution in [2.75, 3.05) is 19.6 Å². The van der Waals surface area contributed by atoms with Crippen LogP contribution in [0.2, 0.25) is 0 Å². The van der Waals surface area contributed by atoms with E-state index in [4.69, 9.17) is 0 Å². The third-order valence-corrected chi connectivity index (χ3v) is 3.77. The minimum absolute atomic E-state index is 0.0533. The van der Waals surface area contributed by atoms with E-state index in [1.54, 1.807) is 4.57 Å². The predicted molar refractivity (Wildman–Crippen MR) is 84.8 cm³/mol. The summed E-state index contributed by atoms with van der Waals surface area (Å²) in [6.45, 7) is 15.5. The van der Waals surface area contributed by atoms with Crippen molar-refractivity contribution in [3.8, 4) is 0 Å². The second kappa shape index (κ2) is 7.54. The molecule has 0 amide bonds. The maximum Gasteiger partial charge on any atom is 0.346 e. The van der Waals surface area contributed by atoms with E-state index < -0.39 is 0 Å². The number of nitro groups is 1. The Labute approximate surface area is 127 Å². The third-order valence-electron chi connectivity index (χ3n) is 3.77. The standard InChI is InChI=1S/C15H28N4O2/c1-7-17(8-2)9-10-18-14(12(5)6)16-13(11(3)4)15(18)19(20)21/h11-12H,7-10H2,1-6H3. The van der Waals surface area contributed by atoms with Crippen LogP contribution in [0.3, 0.4) is 0 Å². The van der Waals surface area contributed by atoms with Crippen LogP contribution in [-0.4, -0.2) is 39.0 Å². The largest absolute Gasteiger partial charge is 0.358 e. The van der Waals surface area contributed by atoms with Crippen molar-refractivity contribution in [2.24, 2.45) is 0 Å². The van der Waals surface area contributed by atoms with Gasteiger partial charge in [0.05, 0.1) is 0 Å². The molecule has 0 atom stereocenters. The summed E-state index contributed by atoms with van der Waals surface area (Å²) < 4.78 is 1.80. The molecule has 0 fully saturated rings. The molecule has 0 saturated heterocycles. The third kappa shape index (κ3) is 4.03. The maximum absolute atomic E-state index is 11.5. The van der Waals surface area contributed by atoms with Crippen LogP contribution in [0, 0.1) is 10.1 Å². The number of nitrogens with zero attached hydrogens (tertiary/aromatic N) is 4. The molecule has 21 heavy (non-hydrogen) atoms. The Kier molecular flexibility index (Phi) is 6.33.